The summed E-state index contributed by atoms with van der Waals surface area (Å²) in [6.45, 7) is 1.67. The van der Waals surface area contributed by atoms with Gasteiger partial charge in [0, 0.05) is 5.69 Å². The van der Waals surface area contributed by atoms with Crippen LogP contribution in [0.4, 0.5) is 23.7 Å². The van der Waals surface area contributed by atoms with Crippen LogP contribution in [0.15, 0.2) is 65.6 Å². The van der Waals surface area contributed by atoms with Gasteiger partial charge in [0.25, 0.3) is 11.1 Å². The van der Waals surface area contributed by atoms with Gasteiger partial charge in [-0.15, -0.1) is 0 Å². The molecule has 0 unspecified atom stereocenters. The Bertz CT molecular complexity index is 1510. The van der Waals surface area contributed by atoms with Crippen LogP contribution in [0, 0.1) is 10.5 Å². The molecule has 1 aliphatic heterocycles. The van der Waals surface area contributed by atoms with Gasteiger partial charge in [0.1, 0.15) is 13.2 Å². The molecule has 0 bridgehead atoms. The van der Waals surface area contributed by atoms with Crippen molar-refractivity contribution in [3.8, 4) is 11.5 Å². The lowest BCUT2D eigenvalue weighted by molar-refractivity contribution is -0.137. The Balaban J connectivity index is 1.46. The van der Waals surface area contributed by atoms with E-state index >= 15 is 0 Å². The van der Waals surface area contributed by atoms with Crippen molar-refractivity contribution in [3.63, 3.8) is 0 Å². The zero-order valence-electron chi connectivity index (χ0n) is 21.2. The fourth-order valence-electron chi connectivity index (χ4n) is 3.83. The highest BCUT2D eigenvalue weighted by Crippen LogP contribution is 2.38. The number of benzene rings is 3. The van der Waals surface area contributed by atoms with Gasteiger partial charge in [-0.05, 0) is 88.8 Å². The maximum absolute atomic E-state index is 12.9. The minimum absolute atomic E-state index is 0.0863. The molecule has 0 aromatic heterocycles. The molecule has 12 heteroatoms. The van der Waals surface area contributed by atoms with Gasteiger partial charge in [0.2, 0.25) is 5.91 Å². The molecule has 1 fully saturated rings. The van der Waals surface area contributed by atoms with Crippen LogP contribution in [0.1, 0.15) is 22.3 Å². The Morgan fingerprint density at radius 3 is 2.55 bits per heavy atom. The number of nitrogens with one attached hydrogen (secondary N) is 1. The lowest BCUT2D eigenvalue weighted by Crippen LogP contribution is -2.36. The first-order valence-corrected chi connectivity index (χ1v) is 13.6. The number of hydrogen-bond acceptors (Lipinski definition) is 6. The highest BCUT2D eigenvalue weighted by atomic mass is 127. The number of carbonyl (C=O) groups is 3. The summed E-state index contributed by atoms with van der Waals surface area (Å²) < 4.78 is 51.0. The molecule has 1 aliphatic rings. The highest BCUT2D eigenvalue weighted by Gasteiger charge is 2.36. The molecular formula is C28H22F3IN2O5S. The number of halogens is 4. The standard InChI is InChI=1S/C28H22F3IN2O5S/c1-16-5-3-6-17(9-16)15-39-25-21(32)10-18(11-22(25)38-2)12-23-26(36)34(27(37)40-23)14-24(35)33-20-8-4-7-19(13-20)28(29,30)31/h3-13H,14-15H2,1-2H3,(H,33,35)/b23-12-. The van der Waals surface area contributed by atoms with E-state index in [1.165, 1.54) is 19.3 Å². The number of rotatable bonds is 8. The van der Waals surface area contributed by atoms with Crippen LogP contribution in [0.25, 0.3) is 6.08 Å². The van der Waals surface area contributed by atoms with Gasteiger partial charge in [0.15, 0.2) is 11.5 Å². The predicted molar refractivity (Wildman–Crippen MR) is 154 cm³/mol. The van der Waals surface area contributed by atoms with Gasteiger partial charge < -0.3 is 14.8 Å². The summed E-state index contributed by atoms with van der Waals surface area (Å²) in [6, 6.07) is 15.4. The Hall–Kier alpha value is -3.52. The molecular weight excluding hydrogens is 660 g/mol. The third kappa shape index (κ3) is 7.16. The molecule has 7 nitrogen and oxygen atoms in total. The van der Waals surface area contributed by atoms with Crippen molar-refractivity contribution < 1.29 is 37.0 Å². The van der Waals surface area contributed by atoms with Crippen molar-refractivity contribution >= 4 is 63.2 Å². The van der Waals surface area contributed by atoms with E-state index in [0.29, 0.717) is 35.4 Å². The molecule has 3 aromatic carbocycles. The minimum Gasteiger partial charge on any atom is -0.493 e. The van der Waals surface area contributed by atoms with E-state index in [1.807, 2.05) is 31.2 Å². The summed E-state index contributed by atoms with van der Waals surface area (Å²) in [4.78, 5) is 38.7. The van der Waals surface area contributed by atoms with Crippen LogP contribution in [-0.4, -0.2) is 35.6 Å². The van der Waals surface area contributed by atoms with Crippen molar-refractivity contribution in [1.29, 1.82) is 0 Å². The maximum Gasteiger partial charge on any atom is 0.416 e. The van der Waals surface area contributed by atoms with Gasteiger partial charge >= 0.3 is 6.18 Å². The van der Waals surface area contributed by atoms with E-state index in [-0.39, 0.29) is 10.6 Å². The maximum atomic E-state index is 12.9. The van der Waals surface area contributed by atoms with Crippen molar-refractivity contribution in [2.24, 2.45) is 0 Å². The second kappa shape index (κ2) is 12.3. The first-order chi connectivity index (χ1) is 18.9. The Morgan fingerprint density at radius 2 is 1.85 bits per heavy atom. The van der Waals surface area contributed by atoms with Crippen LogP contribution in [0.3, 0.4) is 0 Å². The number of methoxy groups -OCH3 is 1. The molecule has 1 heterocycles. The lowest BCUT2D eigenvalue weighted by Gasteiger charge is -2.14. The normalized spacial score (nSPS) is 14.6. The van der Waals surface area contributed by atoms with Crippen LogP contribution in [0.5, 0.6) is 11.5 Å². The predicted octanol–water partition coefficient (Wildman–Crippen LogP) is 6.88. The molecule has 208 valence electrons. The number of aryl methyl sites for hydroxylation is 1. The third-order valence-corrected chi connectivity index (χ3v) is 7.37. The fourth-order valence-corrected chi connectivity index (χ4v) is 5.45. The number of imide groups is 1. The summed E-state index contributed by atoms with van der Waals surface area (Å²) in [6.07, 6.45) is -3.07. The largest absolute Gasteiger partial charge is 0.493 e. The van der Waals surface area contributed by atoms with Crippen LogP contribution < -0.4 is 14.8 Å². The molecule has 0 radical (unpaired) electrons. The summed E-state index contributed by atoms with van der Waals surface area (Å²) >= 11 is 2.75. The average Bonchev–Trinajstić information content (AvgIpc) is 3.14. The van der Waals surface area contributed by atoms with E-state index in [0.717, 1.165) is 37.8 Å². The molecule has 0 saturated carbocycles. The zero-order valence-corrected chi connectivity index (χ0v) is 24.1. The van der Waals surface area contributed by atoms with Crippen molar-refractivity contribution in [2.75, 3.05) is 19.0 Å². The molecule has 0 aliphatic carbocycles. The Kier molecular flexibility index (Phi) is 9.08. The quantitative estimate of drug-likeness (QED) is 0.206. The van der Waals surface area contributed by atoms with E-state index < -0.39 is 35.3 Å². The van der Waals surface area contributed by atoms with Gasteiger partial charge in [-0.2, -0.15) is 13.2 Å². The third-order valence-electron chi connectivity index (χ3n) is 5.66. The van der Waals surface area contributed by atoms with Crippen LogP contribution in [0.2, 0.25) is 0 Å². The molecule has 3 amide bonds. The molecule has 1 N–H and O–H groups in total. The number of hydrogen-bond donors (Lipinski definition) is 1. The number of anilines is 1. The summed E-state index contributed by atoms with van der Waals surface area (Å²) in [5.74, 6) is -0.538. The molecule has 0 atom stereocenters. The summed E-state index contributed by atoms with van der Waals surface area (Å²) in [5, 5.41) is 1.63. The van der Waals surface area contributed by atoms with Gasteiger partial charge in [-0.25, -0.2) is 0 Å². The van der Waals surface area contributed by atoms with Gasteiger partial charge in [0.05, 0.1) is 21.1 Å². The molecule has 40 heavy (non-hydrogen) atoms. The van der Waals surface area contributed by atoms with E-state index in [2.05, 4.69) is 27.9 Å². The Morgan fingerprint density at radius 1 is 1.10 bits per heavy atom. The minimum atomic E-state index is -4.58. The Labute approximate surface area is 245 Å². The van der Waals surface area contributed by atoms with Crippen molar-refractivity contribution in [3.05, 3.63) is 91.4 Å². The van der Waals surface area contributed by atoms with Crippen molar-refractivity contribution in [2.45, 2.75) is 19.7 Å². The second-order valence-corrected chi connectivity index (χ2v) is 10.9. The number of ether oxygens (including phenoxy) is 2. The number of alkyl halides is 3. The number of amides is 3. The summed E-state index contributed by atoms with van der Waals surface area (Å²) in [5.41, 5.74) is 1.64. The number of carbonyl (C=O) groups excluding carboxylic acids is 3. The number of thioether (sulfide) groups is 1. The molecule has 1 saturated heterocycles. The van der Waals surface area contributed by atoms with Gasteiger partial charge in [-0.3, -0.25) is 19.3 Å². The lowest BCUT2D eigenvalue weighted by atomic mass is 10.1. The summed E-state index contributed by atoms with van der Waals surface area (Å²) in [7, 11) is 1.49. The van der Waals surface area contributed by atoms with Crippen LogP contribution >= 0.6 is 34.4 Å². The zero-order chi connectivity index (χ0) is 29.0. The monoisotopic (exact) mass is 682 g/mol. The molecule has 3 aromatic rings. The fraction of sp³-hybridized carbons (Fsp3) is 0.179. The topological polar surface area (TPSA) is 84.9 Å². The SMILES string of the molecule is COc1cc(/C=C2\SC(=O)N(CC(=O)Nc3cccc(C(F)(F)F)c3)C2=O)cc(I)c1OCc1cccc(C)c1. The van der Waals surface area contributed by atoms with Crippen molar-refractivity contribution in [1.82, 2.24) is 4.90 Å². The second-order valence-electron chi connectivity index (χ2n) is 8.71. The van der Waals surface area contributed by atoms with E-state index in [9.17, 15) is 27.6 Å². The van der Waals surface area contributed by atoms with Gasteiger partial charge in [-0.1, -0.05) is 35.9 Å². The smallest absolute Gasteiger partial charge is 0.416 e. The average molecular weight is 682 g/mol. The molecule has 4 rings (SSSR count). The van der Waals surface area contributed by atoms with E-state index in [4.69, 9.17) is 9.47 Å². The highest BCUT2D eigenvalue weighted by molar-refractivity contribution is 14.1. The van der Waals surface area contributed by atoms with E-state index in [1.54, 1.807) is 12.1 Å². The van der Waals surface area contributed by atoms with Crippen LogP contribution in [-0.2, 0) is 22.4 Å². The first-order valence-electron chi connectivity index (χ1n) is 11.7. The first kappa shape index (κ1) is 29.5. The molecule has 0 spiro atoms. The number of nitrogens with zero attached hydrogens (tertiary/aromatic N) is 1.